The predicted octanol–water partition coefficient (Wildman–Crippen LogP) is 6.04. The third-order valence-corrected chi connectivity index (χ3v) is 8.09. The molecule has 1 saturated carbocycles. The molecule has 170 valence electrons. The van der Waals surface area contributed by atoms with Gasteiger partial charge in [-0.05, 0) is 48.8 Å². The first kappa shape index (κ1) is 21.8. The Hall–Kier alpha value is -3.07. The van der Waals surface area contributed by atoms with E-state index in [2.05, 4.69) is 65.6 Å². The van der Waals surface area contributed by atoms with E-state index in [1.54, 1.807) is 7.11 Å². The summed E-state index contributed by atoms with van der Waals surface area (Å²) in [6, 6.07) is 29.9. The molecule has 0 radical (unpaired) electrons. The second-order valence-electron chi connectivity index (χ2n) is 9.67. The van der Waals surface area contributed by atoms with Gasteiger partial charge < -0.3 is 9.64 Å². The van der Waals surface area contributed by atoms with Crippen molar-refractivity contribution in [1.82, 2.24) is 4.90 Å². The fourth-order valence-electron chi connectivity index (χ4n) is 6.52. The van der Waals surface area contributed by atoms with Crippen LogP contribution in [0.1, 0.15) is 48.8 Å². The van der Waals surface area contributed by atoms with Crippen molar-refractivity contribution in [2.24, 2.45) is 11.8 Å². The number of fused-ring (bicyclic) bond motifs is 1. The molecule has 1 aliphatic heterocycles. The van der Waals surface area contributed by atoms with Crippen molar-refractivity contribution in [2.75, 3.05) is 20.2 Å². The molecular formula is C30H33NO2. The van der Waals surface area contributed by atoms with E-state index in [0.717, 1.165) is 30.8 Å². The first-order chi connectivity index (χ1) is 16.1. The van der Waals surface area contributed by atoms with Crippen LogP contribution in [0, 0.1) is 11.8 Å². The molecule has 3 aromatic carbocycles. The van der Waals surface area contributed by atoms with Gasteiger partial charge in [0.2, 0.25) is 5.91 Å². The van der Waals surface area contributed by atoms with E-state index in [1.807, 2.05) is 31.2 Å². The van der Waals surface area contributed by atoms with Crippen LogP contribution in [0.3, 0.4) is 0 Å². The van der Waals surface area contributed by atoms with E-state index in [0.29, 0.717) is 11.8 Å². The fraction of sp³-hybridized carbons (Fsp3) is 0.367. The number of likely N-dealkylation sites (tertiary alicyclic amines) is 1. The van der Waals surface area contributed by atoms with Gasteiger partial charge in [0, 0.05) is 24.1 Å². The van der Waals surface area contributed by atoms with Crippen LogP contribution in [-0.2, 0) is 10.2 Å². The Labute approximate surface area is 197 Å². The zero-order valence-corrected chi connectivity index (χ0v) is 19.6. The third kappa shape index (κ3) is 3.74. The molecule has 3 heteroatoms. The summed E-state index contributed by atoms with van der Waals surface area (Å²) in [7, 11) is 1.68. The quantitative estimate of drug-likeness (QED) is 0.485. The summed E-state index contributed by atoms with van der Waals surface area (Å²) >= 11 is 0. The van der Waals surface area contributed by atoms with Crippen molar-refractivity contribution in [3.05, 3.63) is 102 Å². The predicted molar refractivity (Wildman–Crippen MR) is 132 cm³/mol. The third-order valence-electron chi connectivity index (χ3n) is 8.09. The van der Waals surface area contributed by atoms with Crippen molar-refractivity contribution >= 4 is 5.91 Å². The average Bonchev–Trinajstić information content (AvgIpc) is 3.33. The van der Waals surface area contributed by atoms with Crippen LogP contribution in [0.4, 0.5) is 0 Å². The van der Waals surface area contributed by atoms with Gasteiger partial charge in [-0.2, -0.15) is 0 Å². The van der Waals surface area contributed by atoms with E-state index in [9.17, 15) is 4.79 Å². The Balaban J connectivity index is 1.49. The number of carbonyl (C=O) groups excluding carboxylic acids is 1. The maximum Gasteiger partial charge on any atom is 0.229 e. The van der Waals surface area contributed by atoms with Crippen LogP contribution in [0.15, 0.2) is 84.9 Å². The van der Waals surface area contributed by atoms with Crippen LogP contribution in [-0.4, -0.2) is 31.0 Å². The van der Waals surface area contributed by atoms with Gasteiger partial charge in [0.25, 0.3) is 0 Å². The molecule has 3 aromatic rings. The number of ether oxygens (including phenoxy) is 1. The molecule has 0 N–H and O–H groups in total. The number of carbonyl (C=O) groups is 1. The van der Waals surface area contributed by atoms with Crippen LogP contribution in [0.2, 0.25) is 0 Å². The number of rotatable bonds is 5. The largest absolute Gasteiger partial charge is 0.496 e. The minimum atomic E-state index is -0.218. The molecule has 3 atom stereocenters. The van der Waals surface area contributed by atoms with Gasteiger partial charge in [-0.15, -0.1) is 0 Å². The molecule has 2 fully saturated rings. The smallest absolute Gasteiger partial charge is 0.229 e. The second kappa shape index (κ2) is 9.05. The average molecular weight is 440 g/mol. The molecule has 0 aromatic heterocycles. The van der Waals surface area contributed by atoms with Crippen molar-refractivity contribution < 1.29 is 9.53 Å². The maximum atomic E-state index is 13.7. The zero-order chi connectivity index (χ0) is 22.8. The topological polar surface area (TPSA) is 29.5 Å². The van der Waals surface area contributed by atoms with Crippen LogP contribution < -0.4 is 4.74 Å². The molecule has 2 aliphatic rings. The summed E-state index contributed by atoms with van der Waals surface area (Å²) in [5, 5.41) is 0. The lowest BCUT2D eigenvalue weighted by Gasteiger charge is -2.46. The number of methoxy groups -OCH3 is 1. The Morgan fingerprint density at radius 3 is 2.15 bits per heavy atom. The Kier molecular flexibility index (Phi) is 5.97. The molecule has 0 spiro atoms. The SMILES string of the molecule is COc1ccccc1[C@H](C)C(=O)N1C[C@H]2CCCC(c3ccccc3)(c3ccccc3)[C@H]2C1. The van der Waals surface area contributed by atoms with Crippen molar-refractivity contribution in [1.29, 1.82) is 0 Å². The highest BCUT2D eigenvalue weighted by atomic mass is 16.5. The number of amides is 1. The van der Waals surface area contributed by atoms with Gasteiger partial charge in [-0.1, -0.05) is 85.3 Å². The molecule has 3 nitrogen and oxygen atoms in total. The first-order valence-electron chi connectivity index (χ1n) is 12.2. The van der Waals surface area contributed by atoms with Crippen molar-refractivity contribution in [3.8, 4) is 5.75 Å². The summed E-state index contributed by atoms with van der Waals surface area (Å²) in [5.41, 5.74) is 3.70. The molecular weight excluding hydrogens is 406 g/mol. The van der Waals surface area contributed by atoms with Gasteiger partial charge in [-0.3, -0.25) is 4.79 Å². The molecule has 0 bridgehead atoms. The molecule has 5 rings (SSSR count). The first-order valence-corrected chi connectivity index (χ1v) is 12.2. The van der Waals surface area contributed by atoms with Gasteiger partial charge >= 0.3 is 0 Å². The summed E-state index contributed by atoms with van der Waals surface area (Å²) in [4.78, 5) is 15.8. The van der Waals surface area contributed by atoms with Gasteiger partial charge in [0.15, 0.2) is 0 Å². The molecule has 1 heterocycles. The van der Waals surface area contributed by atoms with Gasteiger partial charge in [0.1, 0.15) is 5.75 Å². The molecule has 33 heavy (non-hydrogen) atoms. The van der Waals surface area contributed by atoms with E-state index in [1.165, 1.54) is 24.0 Å². The molecule has 1 amide bonds. The fourth-order valence-corrected chi connectivity index (χ4v) is 6.52. The highest BCUT2D eigenvalue weighted by molar-refractivity contribution is 5.84. The number of para-hydroxylation sites is 1. The highest BCUT2D eigenvalue weighted by Gasteiger charge is 2.52. The lowest BCUT2D eigenvalue weighted by Crippen LogP contribution is -2.44. The highest BCUT2D eigenvalue weighted by Crippen LogP contribution is 2.53. The number of benzene rings is 3. The normalized spacial score (nSPS) is 22.4. The minimum absolute atomic E-state index is 0.0475. The van der Waals surface area contributed by atoms with E-state index in [4.69, 9.17) is 4.74 Å². The van der Waals surface area contributed by atoms with E-state index < -0.39 is 0 Å². The standard InChI is InChI=1S/C30H33NO2/c1-22(26-17-9-10-18-28(26)33-2)29(32)31-20-23-12-11-19-30(27(23)21-31,24-13-5-3-6-14-24)25-15-7-4-8-16-25/h3-10,13-18,22-23,27H,11-12,19-21H2,1-2H3/t22-,23+,27-/m0/s1. The van der Waals surface area contributed by atoms with Crippen molar-refractivity contribution in [3.63, 3.8) is 0 Å². The summed E-state index contributed by atoms with van der Waals surface area (Å²) < 4.78 is 5.55. The van der Waals surface area contributed by atoms with Crippen molar-refractivity contribution in [2.45, 2.75) is 37.5 Å². The molecule has 1 saturated heterocycles. The van der Waals surface area contributed by atoms with Crippen LogP contribution in [0.25, 0.3) is 0 Å². The van der Waals surface area contributed by atoms with Gasteiger partial charge in [-0.25, -0.2) is 0 Å². The maximum absolute atomic E-state index is 13.7. The lowest BCUT2D eigenvalue weighted by molar-refractivity contribution is -0.131. The van der Waals surface area contributed by atoms with Crippen LogP contribution >= 0.6 is 0 Å². The van der Waals surface area contributed by atoms with Crippen LogP contribution in [0.5, 0.6) is 5.75 Å². The Bertz CT molecular complexity index is 1060. The van der Waals surface area contributed by atoms with E-state index >= 15 is 0 Å². The molecule has 1 aliphatic carbocycles. The Morgan fingerprint density at radius 1 is 0.909 bits per heavy atom. The number of nitrogens with zero attached hydrogens (tertiary/aromatic N) is 1. The number of hydrogen-bond acceptors (Lipinski definition) is 2. The van der Waals surface area contributed by atoms with Gasteiger partial charge in [0.05, 0.1) is 13.0 Å². The summed E-state index contributed by atoms with van der Waals surface area (Å²) in [5.74, 6) is 1.73. The lowest BCUT2D eigenvalue weighted by atomic mass is 9.57. The summed E-state index contributed by atoms with van der Waals surface area (Å²) in [6.07, 6.45) is 3.51. The zero-order valence-electron chi connectivity index (χ0n) is 19.6. The monoisotopic (exact) mass is 439 g/mol. The summed E-state index contributed by atoms with van der Waals surface area (Å²) in [6.45, 7) is 3.68. The number of hydrogen-bond donors (Lipinski definition) is 0. The molecule has 0 unspecified atom stereocenters. The second-order valence-corrected chi connectivity index (χ2v) is 9.67. The minimum Gasteiger partial charge on any atom is -0.496 e. The van der Waals surface area contributed by atoms with E-state index in [-0.39, 0.29) is 17.2 Å². The Morgan fingerprint density at radius 2 is 1.52 bits per heavy atom.